The van der Waals surface area contributed by atoms with E-state index in [0.717, 1.165) is 21.5 Å². The van der Waals surface area contributed by atoms with Crippen LogP contribution in [0.2, 0.25) is 0 Å². The van der Waals surface area contributed by atoms with Gasteiger partial charge in [-0.25, -0.2) is 4.79 Å². The standard InChI is InChI=1S/C16H16BrNO3/c1-10(11-3-5-15(21-2)6-4-11)18-14-8-12(16(19)20)7-13(17)9-14/h3-10,18H,1-2H3,(H,19,20). The Morgan fingerprint density at radius 1 is 1.24 bits per heavy atom. The van der Waals surface area contributed by atoms with E-state index < -0.39 is 5.97 Å². The number of carboxylic acid groups (broad SMARTS) is 1. The van der Waals surface area contributed by atoms with Crippen LogP contribution in [0.15, 0.2) is 46.9 Å². The van der Waals surface area contributed by atoms with Crippen molar-refractivity contribution in [2.45, 2.75) is 13.0 Å². The number of halogens is 1. The van der Waals surface area contributed by atoms with Gasteiger partial charge in [-0.15, -0.1) is 0 Å². The molecule has 0 bridgehead atoms. The van der Waals surface area contributed by atoms with Crippen molar-refractivity contribution >= 4 is 27.6 Å². The lowest BCUT2D eigenvalue weighted by Gasteiger charge is -2.17. The predicted molar refractivity (Wildman–Crippen MR) is 86.1 cm³/mol. The predicted octanol–water partition coefficient (Wildman–Crippen LogP) is 4.33. The molecule has 2 aromatic rings. The topological polar surface area (TPSA) is 58.6 Å². The van der Waals surface area contributed by atoms with Gasteiger partial charge < -0.3 is 15.2 Å². The molecule has 0 aliphatic carbocycles. The van der Waals surface area contributed by atoms with Crippen LogP contribution in [-0.2, 0) is 0 Å². The van der Waals surface area contributed by atoms with Gasteiger partial charge >= 0.3 is 5.97 Å². The average molecular weight is 350 g/mol. The molecular formula is C16H16BrNO3. The summed E-state index contributed by atoms with van der Waals surface area (Å²) in [5.74, 6) is -0.141. The molecule has 0 fully saturated rings. The minimum Gasteiger partial charge on any atom is -0.497 e. The van der Waals surface area contributed by atoms with Crippen LogP contribution < -0.4 is 10.1 Å². The zero-order chi connectivity index (χ0) is 15.4. The molecule has 2 N–H and O–H groups in total. The third-order valence-corrected chi connectivity index (χ3v) is 3.60. The van der Waals surface area contributed by atoms with Gasteiger partial charge in [-0.1, -0.05) is 28.1 Å². The fourth-order valence-corrected chi connectivity index (χ4v) is 2.52. The Hall–Kier alpha value is -2.01. The van der Waals surface area contributed by atoms with E-state index in [2.05, 4.69) is 21.2 Å². The first-order valence-electron chi connectivity index (χ1n) is 6.44. The lowest BCUT2D eigenvalue weighted by molar-refractivity contribution is 0.0697. The van der Waals surface area contributed by atoms with Crippen molar-refractivity contribution in [1.29, 1.82) is 0 Å². The molecule has 0 heterocycles. The molecule has 0 spiro atoms. The molecule has 0 saturated heterocycles. The molecule has 0 saturated carbocycles. The quantitative estimate of drug-likeness (QED) is 0.843. The molecule has 0 aromatic heterocycles. The van der Waals surface area contributed by atoms with E-state index in [1.54, 1.807) is 19.2 Å². The molecule has 0 aliphatic heterocycles. The highest BCUT2D eigenvalue weighted by atomic mass is 79.9. The minimum absolute atomic E-state index is 0.0480. The summed E-state index contributed by atoms with van der Waals surface area (Å²) >= 11 is 3.33. The van der Waals surface area contributed by atoms with E-state index in [4.69, 9.17) is 9.84 Å². The van der Waals surface area contributed by atoms with Gasteiger partial charge in [0.15, 0.2) is 0 Å². The van der Waals surface area contributed by atoms with Crippen molar-refractivity contribution in [1.82, 2.24) is 0 Å². The fraction of sp³-hybridized carbons (Fsp3) is 0.188. The van der Waals surface area contributed by atoms with Gasteiger partial charge in [-0.2, -0.15) is 0 Å². The maximum absolute atomic E-state index is 11.1. The van der Waals surface area contributed by atoms with Gasteiger partial charge in [0.1, 0.15) is 5.75 Å². The minimum atomic E-state index is -0.948. The molecule has 21 heavy (non-hydrogen) atoms. The van der Waals surface area contributed by atoms with Crippen LogP contribution in [0.3, 0.4) is 0 Å². The van der Waals surface area contributed by atoms with E-state index in [1.165, 1.54) is 0 Å². The number of nitrogens with one attached hydrogen (secondary N) is 1. The highest BCUT2D eigenvalue weighted by Crippen LogP contribution is 2.25. The molecule has 110 valence electrons. The third kappa shape index (κ3) is 3.98. The summed E-state index contributed by atoms with van der Waals surface area (Å²) in [7, 11) is 1.63. The summed E-state index contributed by atoms with van der Waals surface area (Å²) in [6.45, 7) is 2.02. The highest BCUT2D eigenvalue weighted by Gasteiger charge is 2.09. The van der Waals surface area contributed by atoms with Gasteiger partial charge in [0, 0.05) is 16.2 Å². The van der Waals surface area contributed by atoms with Crippen molar-refractivity contribution in [3.05, 3.63) is 58.1 Å². The summed E-state index contributed by atoms with van der Waals surface area (Å²) in [6.07, 6.45) is 0. The van der Waals surface area contributed by atoms with Gasteiger partial charge in [-0.05, 0) is 42.8 Å². The Bertz CT molecular complexity index is 640. The molecule has 1 unspecified atom stereocenters. The van der Waals surface area contributed by atoms with Crippen LogP contribution in [0.4, 0.5) is 5.69 Å². The number of anilines is 1. The Morgan fingerprint density at radius 2 is 1.90 bits per heavy atom. The molecule has 0 radical (unpaired) electrons. The maximum atomic E-state index is 11.1. The van der Waals surface area contributed by atoms with Gasteiger partial charge in [0.2, 0.25) is 0 Å². The molecule has 0 amide bonds. The zero-order valence-electron chi connectivity index (χ0n) is 11.8. The molecule has 4 nitrogen and oxygen atoms in total. The first-order chi connectivity index (χ1) is 9.99. The van der Waals surface area contributed by atoms with Crippen molar-refractivity contribution in [2.75, 3.05) is 12.4 Å². The number of benzene rings is 2. The normalized spacial score (nSPS) is 11.8. The van der Waals surface area contributed by atoms with E-state index in [9.17, 15) is 4.79 Å². The van der Waals surface area contributed by atoms with Crippen LogP contribution in [0.1, 0.15) is 28.9 Å². The summed E-state index contributed by atoms with van der Waals surface area (Å²) in [5.41, 5.74) is 2.09. The van der Waals surface area contributed by atoms with E-state index in [1.807, 2.05) is 37.3 Å². The Labute approximate surface area is 131 Å². The average Bonchev–Trinajstić information content (AvgIpc) is 2.46. The Balaban J connectivity index is 2.18. The number of carbonyl (C=O) groups is 1. The second-order valence-electron chi connectivity index (χ2n) is 4.67. The second kappa shape index (κ2) is 6.63. The number of ether oxygens (including phenoxy) is 1. The van der Waals surface area contributed by atoms with Crippen molar-refractivity contribution < 1.29 is 14.6 Å². The third-order valence-electron chi connectivity index (χ3n) is 3.14. The summed E-state index contributed by atoms with van der Waals surface area (Å²) < 4.78 is 5.86. The zero-order valence-corrected chi connectivity index (χ0v) is 13.3. The number of rotatable bonds is 5. The lowest BCUT2D eigenvalue weighted by atomic mass is 10.1. The Morgan fingerprint density at radius 3 is 2.48 bits per heavy atom. The van der Waals surface area contributed by atoms with Gasteiger partial charge in [0.05, 0.1) is 12.7 Å². The molecule has 5 heteroatoms. The van der Waals surface area contributed by atoms with Crippen molar-refractivity contribution in [2.24, 2.45) is 0 Å². The number of methoxy groups -OCH3 is 1. The summed E-state index contributed by atoms with van der Waals surface area (Å²) in [6, 6.07) is 12.9. The van der Waals surface area contributed by atoms with Crippen LogP contribution in [-0.4, -0.2) is 18.2 Å². The molecule has 1 atom stereocenters. The van der Waals surface area contributed by atoms with E-state index >= 15 is 0 Å². The number of carboxylic acids is 1. The van der Waals surface area contributed by atoms with Crippen molar-refractivity contribution in [3.8, 4) is 5.75 Å². The summed E-state index contributed by atoms with van der Waals surface area (Å²) in [5, 5.41) is 12.4. The monoisotopic (exact) mass is 349 g/mol. The maximum Gasteiger partial charge on any atom is 0.335 e. The highest BCUT2D eigenvalue weighted by molar-refractivity contribution is 9.10. The Kier molecular flexibility index (Phi) is 4.85. The smallest absolute Gasteiger partial charge is 0.335 e. The van der Waals surface area contributed by atoms with Crippen LogP contribution in [0.5, 0.6) is 5.75 Å². The fourth-order valence-electron chi connectivity index (χ4n) is 2.02. The van der Waals surface area contributed by atoms with Crippen LogP contribution in [0, 0.1) is 0 Å². The van der Waals surface area contributed by atoms with E-state index in [-0.39, 0.29) is 11.6 Å². The van der Waals surface area contributed by atoms with Crippen molar-refractivity contribution in [3.63, 3.8) is 0 Å². The first-order valence-corrected chi connectivity index (χ1v) is 7.23. The van der Waals surface area contributed by atoms with Gasteiger partial charge in [-0.3, -0.25) is 0 Å². The van der Waals surface area contributed by atoms with E-state index in [0.29, 0.717) is 0 Å². The van der Waals surface area contributed by atoms with Crippen LogP contribution in [0.25, 0.3) is 0 Å². The lowest BCUT2D eigenvalue weighted by Crippen LogP contribution is -2.07. The van der Waals surface area contributed by atoms with Gasteiger partial charge in [0.25, 0.3) is 0 Å². The number of hydrogen-bond acceptors (Lipinski definition) is 3. The molecule has 0 aliphatic rings. The second-order valence-corrected chi connectivity index (χ2v) is 5.59. The van der Waals surface area contributed by atoms with Crippen LogP contribution >= 0.6 is 15.9 Å². The molecular weight excluding hydrogens is 334 g/mol. The SMILES string of the molecule is COc1ccc(C(C)Nc2cc(Br)cc(C(=O)O)c2)cc1. The summed E-state index contributed by atoms with van der Waals surface area (Å²) in [4.78, 5) is 11.1. The molecule has 2 aromatic carbocycles. The largest absolute Gasteiger partial charge is 0.497 e. The first kappa shape index (κ1) is 15.4. The number of hydrogen-bond donors (Lipinski definition) is 2. The number of aromatic carboxylic acids is 1. The molecule has 2 rings (SSSR count).